The first kappa shape index (κ1) is 24.9. The smallest absolute Gasteiger partial charge is 0.237 e. The summed E-state index contributed by atoms with van der Waals surface area (Å²) in [6.07, 6.45) is 2.02. The number of likely N-dealkylation sites (tertiary alicyclic amines) is 1. The zero-order chi connectivity index (χ0) is 26.1. The maximum atomic E-state index is 15.0. The molecule has 0 spiro atoms. The number of pyridine rings is 1. The predicted octanol–water partition coefficient (Wildman–Crippen LogP) is 4.44. The maximum Gasteiger partial charge on any atom is 0.237 e. The summed E-state index contributed by atoms with van der Waals surface area (Å²) in [7, 11) is 3.27. The molecule has 1 unspecified atom stereocenters. The normalized spacial score (nSPS) is 15.3. The van der Waals surface area contributed by atoms with Crippen LogP contribution in [0, 0.1) is 15.4 Å². The summed E-state index contributed by atoms with van der Waals surface area (Å²) in [5.41, 5.74) is 1.87. The van der Waals surface area contributed by atoms with E-state index in [4.69, 9.17) is 9.47 Å². The SMILES string of the molecule is COc1ccc(Cn2nc(I)c3c(Oc4ccc(NC(=O)C5CCN(C)C5=O)cc4F)ccnc32)cc1. The van der Waals surface area contributed by atoms with Crippen LogP contribution in [0.2, 0.25) is 0 Å². The van der Waals surface area contributed by atoms with Gasteiger partial charge in [-0.05, 0) is 58.8 Å². The van der Waals surface area contributed by atoms with Gasteiger partial charge in [0.05, 0.1) is 19.0 Å². The fraction of sp³-hybridized carbons (Fsp3) is 0.231. The fourth-order valence-electron chi connectivity index (χ4n) is 4.20. The first-order valence-electron chi connectivity index (χ1n) is 11.5. The van der Waals surface area contributed by atoms with Gasteiger partial charge in [-0.3, -0.25) is 9.59 Å². The summed E-state index contributed by atoms with van der Waals surface area (Å²) in [4.78, 5) is 30.5. The molecule has 1 atom stereocenters. The molecule has 0 aliphatic carbocycles. The molecule has 0 saturated carbocycles. The van der Waals surface area contributed by atoms with Gasteiger partial charge in [-0.25, -0.2) is 14.1 Å². The van der Waals surface area contributed by atoms with Crippen molar-refractivity contribution in [1.82, 2.24) is 19.7 Å². The summed E-state index contributed by atoms with van der Waals surface area (Å²) in [6, 6.07) is 13.5. The molecule has 11 heteroatoms. The third-order valence-electron chi connectivity index (χ3n) is 6.21. The number of fused-ring (bicyclic) bond motifs is 1. The minimum Gasteiger partial charge on any atom is -0.497 e. The molecule has 2 aromatic carbocycles. The number of anilines is 1. The zero-order valence-corrected chi connectivity index (χ0v) is 22.2. The molecule has 190 valence electrons. The van der Waals surface area contributed by atoms with Gasteiger partial charge >= 0.3 is 0 Å². The number of hydrogen-bond acceptors (Lipinski definition) is 6. The van der Waals surface area contributed by atoms with Crippen molar-refractivity contribution in [3.63, 3.8) is 0 Å². The van der Waals surface area contributed by atoms with Gasteiger partial charge in [0.2, 0.25) is 11.8 Å². The van der Waals surface area contributed by atoms with Crippen molar-refractivity contribution in [2.75, 3.05) is 26.0 Å². The van der Waals surface area contributed by atoms with Crippen LogP contribution in [0.1, 0.15) is 12.0 Å². The average Bonchev–Trinajstić information content (AvgIpc) is 3.40. The Morgan fingerprint density at radius 2 is 1.97 bits per heavy atom. The van der Waals surface area contributed by atoms with Crippen molar-refractivity contribution in [3.8, 4) is 17.2 Å². The van der Waals surface area contributed by atoms with Crippen LogP contribution in [0.4, 0.5) is 10.1 Å². The van der Waals surface area contributed by atoms with Gasteiger partial charge in [-0.2, -0.15) is 5.10 Å². The number of hydrogen-bond donors (Lipinski definition) is 1. The van der Waals surface area contributed by atoms with E-state index in [1.807, 2.05) is 24.3 Å². The van der Waals surface area contributed by atoms with Gasteiger partial charge in [0.25, 0.3) is 0 Å². The quantitative estimate of drug-likeness (QED) is 0.244. The van der Waals surface area contributed by atoms with Crippen molar-refractivity contribution in [3.05, 3.63) is 69.8 Å². The molecule has 1 N–H and O–H groups in total. The second-order valence-corrected chi connectivity index (χ2v) is 9.66. The number of amides is 2. The van der Waals surface area contributed by atoms with Crippen LogP contribution < -0.4 is 14.8 Å². The maximum absolute atomic E-state index is 15.0. The van der Waals surface area contributed by atoms with Crippen LogP contribution in [-0.2, 0) is 16.1 Å². The Kier molecular flexibility index (Phi) is 6.96. The number of carbonyl (C=O) groups is 2. The molecule has 2 aromatic heterocycles. The minimum absolute atomic E-state index is 0.0131. The molecule has 0 bridgehead atoms. The third kappa shape index (κ3) is 5.08. The molecular formula is C26H23FIN5O4. The predicted molar refractivity (Wildman–Crippen MR) is 143 cm³/mol. The summed E-state index contributed by atoms with van der Waals surface area (Å²) < 4.78 is 28.5. The van der Waals surface area contributed by atoms with Crippen LogP contribution in [0.15, 0.2) is 54.7 Å². The van der Waals surface area contributed by atoms with Gasteiger partial charge in [-0.1, -0.05) is 12.1 Å². The minimum atomic E-state index is -0.759. The Morgan fingerprint density at radius 1 is 1.19 bits per heavy atom. The van der Waals surface area contributed by atoms with Crippen LogP contribution in [-0.4, -0.2) is 52.2 Å². The lowest BCUT2D eigenvalue weighted by molar-refractivity contribution is -0.134. The summed E-state index contributed by atoms with van der Waals surface area (Å²) in [5.74, 6) is -0.932. The second kappa shape index (κ2) is 10.3. The summed E-state index contributed by atoms with van der Waals surface area (Å²) in [6.45, 7) is 1.01. The van der Waals surface area contributed by atoms with Crippen molar-refractivity contribution in [2.45, 2.75) is 13.0 Å². The van der Waals surface area contributed by atoms with Crippen LogP contribution in [0.5, 0.6) is 17.2 Å². The van der Waals surface area contributed by atoms with E-state index in [0.29, 0.717) is 40.0 Å². The first-order chi connectivity index (χ1) is 17.8. The van der Waals surface area contributed by atoms with E-state index < -0.39 is 17.6 Å². The Morgan fingerprint density at radius 3 is 2.65 bits per heavy atom. The van der Waals surface area contributed by atoms with E-state index in [9.17, 15) is 14.0 Å². The van der Waals surface area contributed by atoms with Gasteiger partial charge in [0.1, 0.15) is 21.1 Å². The molecule has 0 radical (unpaired) electrons. The largest absolute Gasteiger partial charge is 0.497 e. The summed E-state index contributed by atoms with van der Waals surface area (Å²) in [5, 5.41) is 7.89. The number of carbonyl (C=O) groups excluding carboxylic acids is 2. The van der Waals surface area contributed by atoms with E-state index in [1.165, 1.54) is 23.1 Å². The molecule has 1 fully saturated rings. The van der Waals surface area contributed by atoms with Gasteiger partial charge in [0.15, 0.2) is 17.2 Å². The molecule has 1 saturated heterocycles. The standard InChI is InChI=1S/C26H23FIN5O4/c1-32-12-10-18(26(32)35)25(34)30-16-5-8-20(19(27)13-16)37-21-9-11-29-24-22(21)23(28)31-33(24)14-15-3-6-17(36-2)7-4-15/h3-9,11,13,18H,10,12,14H2,1-2H3,(H,30,34). The van der Waals surface area contributed by atoms with Crippen molar-refractivity contribution >= 4 is 51.1 Å². The average molecular weight is 615 g/mol. The third-order valence-corrected chi connectivity index (χ3v) is 6.96. The Hall–Kier alpha value is -3.74. The monoisotopic (exact) mass is 615 g/mol. The lowest BCUT2D eigenvalue weighted by Gasteiger charge is -2.12. The number of benzene rings is 2. The molecule has 4 aromatic rings. The lowest BCUT2D eigenvalue weighted by Crippen LogP contribution is -2.30. The van der Waals surface area contributed by atoms with Gasteiger partial charge in [-0.15, -0.1) is 0 Å². The first-order valence-corrected chi connectivity index (χ1v) is 12.6. The van der Waals surface area contributed by atoms with E-state index in [1.54, 1.807) is 31.1 Å². The molecule has 5 rings (SSSR count). The van der Waals surface area contributed by atoms with Crippen LogP contribution in [0.25, 0.3) is 11.0 Å². The van der Waals surface area contributed by atoms with Crippen LogP contribution >= 0.6 is 22.6 Å². The number of rotatable bonds is 7. The van der Waals surface area contributed by atoms with E-state index in [0.717, 1.165) is 11.3 Å². The molecule has 37 heavy (non-hydrogen) atoms. The second-order valence-electron chi connectivity index (χ2n) is 8.64. The van der Waals surface area contributed by atoms with E-state index in [2.05, 4.69) is 38.0 Å². The number of nitrogens with one attached hydrogen (secondary N) is 1. The topological polar surface area (TPSA) is 98.6 Å². The lowest BCUT2D eigenvalue weighted by atomic mass is 10.1. The van der Waals surface area contributed by atoms with E-state index in [-0.39, 0.29) is 17.3 Å². The Bertz CT molecular complexity index is 1490. The van der Waals surface area contributed by atoms with Crippen molar-refractivity contribution in [1.29, 1.82) is 0 Å². The highest BCUT2D eigenvalue weighted by Gasteiger charge is 2.35. The molecule has 9 nitrogen and oxygen atoms in total. The highest BCUT2D eigenvalue weighted by atomic mass is 127. The van der Waals surface area contributed by atoms with Gasteiger partial charge < -0.3 is 19.7 Å². The number of methoxy groups -OCH3 is 1. The number of nitrogens with zero attached hydrogens (tertiary/aromatic N) is 4. The number of aromatic nitrogens is 3. The number of halogens is 2. The molecule has 1 aliphatic rings. The van der Waals surface area contributed by atoms with Gasteiger partial charge in [0, 0.05) is 37.6 Å². The molecular weight excluding hydrogens is 592 g/mol. The number of ether oxygens (including phenoxy) is 2. The highest BCUT2D eigenvalue weighted by molar-refractivity contribution is 14.1. The Balaban J connectivity index is 1.35. The molecule has 3 heterocycles. The van der Waals surface area contributed by atoms with Crippen LogP contribution in [0.3, 0.4) is 0 Å². The Labute approximate surface area is 225 Å². The summed E-state index contributed by atoms with van der Waals surface area (Å²) >= 11 is 2.11. The molecule has 2 amide bonds. The zero-order valence-electron chi connectivity index (χ0n) is 20.1. The van der Waals surface area contributed by atoms with Crippen molar-refractivity contribution in [2.24, 2.45) is 5.92 Å². The highest BCUT2D eigenvalue weighted by Crippen LogP contribution is 2.34. The molecule has 1 aliphatic heterocycles. The van der Waals surface area contributed by atoms with E-state index >= 15 is 0 Å². The fourth-order valence-corrected chi connectivity index (χ4v) is 4.97. The van der Waals surface area contributed by atoms with Crippen molar-refractivity contribution < 1.29 is 23.5 Å².